The minimum atomic E-state index is -0.571. The molecule has 6 nitrogen and oxygen atoms in total. The van der Waals surface area contributed by atoms with E-state index in [1.54, 1.807) is 31.2 Å². The van der Waals surface area contributed by atoms with Gasteiger partial charge in [0, 0.05) is 30.4 Å². The number of halogens is 1. The molecule has 0 atom stereocenters. The number of hydrogen-bond acceptors (Lipinski definition) is 5. The van der Waals surface area contributed by atoms with Gasteiger partial charge in [0.25, 0.3) is 0 Å². The number of benzene rings is 1. The molecule has 0 saturated heterocycles. The molecule has 0 radical (unpaired) electrons. The van der Waals surface area contributed by atoms with Crippen molar-refractivity contribution >= 4 is 23.3 Å². The zero-order valence-electron chi connectivity index (χ0n) is 14.0. The van der Waals surface area contributed by atoms with Crippen molar-refractivity contribution in [3.05, 3.63) is 46.6 Å². The van der Waals surface area contributed by atoms with Gasteiger partial charge in [-0.05, 0) is 37.1 Å². The van der Waals surface area contributed by atoms with Gasteiger partial charge in [-0.2, -0.15) is 4.98 Å². The first-order chi connectivity index (χ1) is 12.0. The molecule has 1 saturated carbocycles. The molecule has 1 aromatic carbocycles. The van der Waals surface area contributed by atoms with Crippen LogP contribution in [0.5, 0.6) is 0 Å². The molecule has 7 heteroatoms. The molecule has 1 fully saturated rings. The Kier molecular flexibility index (Phi) is 5.18. The van der Waals surface area contributed by atoms with Gasteiger partial charge in [-0.3, -0.25) is 9.59 Å². The summed E-state index contributed by atoms with van der Waals surface area (Å²) in [7, 11) is 0. The summed E-state index contributed by atoms with van der Waals surface area (Å²) >= 11 is 5.82. The molecule has 1 heterocycles. The third-order valence-electron chi connectivity index (χ3n) is 4.54. The second-order valence-corrected chi connectivity index (χ2v) is 6.84. The number of nitrogens with zero attached hydrogens (tertiary/aromatic N) is 2. The number of aromatic nitrogens is 2. The van der Waals surface area contributed by atoms with Crippen LogP contribution in [0.3, 0.4) is 0 Å². The smallest absolute Gasteiger partial charge is 0.223 e. The Morgan fingerprint density at radius 1 is 1.20 bits per heavy atom. The van der Waals surface area contributed by atoms with Crippen LogP contribution in [-0.4, -0.2) is 21.8 Å². The molecule has 0 unspecified atom stereocenters. The van der Waals surface area contributed by atoms with Crippen LogP contribution in [0.1, 0.15) is 60.6 Å². The van der Waals surface area contributed by atoms with Crippen molar-refractivity contribution in [1.29, 1.82) is 0 Å². The second-order valence-electron chi connectivity index (χ2n) is 6.40. The number of ketones is 1. The highest BCUT2D eigenvalue weighted by atomic mass is 35.5. The Morgan fingerprint density at radius 2 is 1.88 bits per heavy atom. The van der Waals surface area contributed by atoms with Gasteiger partial charge in [0.1, 0.15) is 5.54 Å². The number of rotatable bonds is 6. The van der Waals surface area contributed by atoms with Crippen LogP contribution in [-0.2, 0) is 10.3 Å². The van der Waals surface area contributed by atoms with Crippen molar-refractivity contribution in [2.45, 2.75) is 51.0 Å². The van der Waals surface area contributed by atoms with Gasteiger partial charge in [-0.15, -0.1) is 0 Å². The summed E-state index contributed by atoms with van der Waals surface area (Å²) in [5, 5.41) is 7.61. The maximum absolute atomic E-state index is 12.4. The molecular formula is C18H20ClN3O3. The van der Waals surface area contributed by atoms with E-state index in [1.165, 1.54) is 0 Å². The minimum absolute atomic E-state index is 0.0808. The van der Waals surface area contributed by atoms with E-state index in [4.69, 9.17) is 16.1 Å². The zero-order chi connectivity index (χ0) is 17.9. The van der Waals surface area contributed by atoms with E-state index in [-0.39, 0.29) is 24.5 Å². The number of nitrogens with one attached hydrogen (secondary N) is 1. The van der Waals surface area contributed by atoms with Gasteiger partial charge in [0.05, 0.1) is 0 Å². The largest absolute Gasteiger partial charge is 0.343 e. The molecule has 1 aliphatic carbocycles. The molecule has 0 spiro atoms. The fraction of sp³-hybridized carbons (Fsp3) is 0.444. The lowest BCUT2D eigenvalue weighted by Crippen LogP contribution is -2.44. The molecule has 0 aliphatic heterocycles. The average Bonchev–Trinajstić information content (AvgIpc) is 3.23. The van der Waals surface area contributed by atoms with E-state index in [1.807, 2.05) is 0 Å². The lowest BCUT2D eigenvalue weighted by atomic mass is 9.96. The van der Waals surface area contributed by atoms with Crippen LogP contribution in [0.2, 0.25) is 5.02 Å². The molecule has 1 amide bonds. The monoisotopic (exact) mass is 361 g/mol. The highest BCUT2D eigenvalue weighted by Crippen LogP contribution is 2.37. The highest BCUT2D eigenvalue weighted by molar-refractivity contribution is 6.30. The average molecular weight is 362 g/mol. The summed E-state index contributed by atoms with van der Waals surface area (Å²) in [5.41, 5.74) is -0.0143. The third-order valence-corrected chi connectivity index (χ3v) is 4.79. The predicted octanol–water partition coefficient (Wildman–Crippen LogP) is 3.58. The third kappa shape index (κ3) is 4.07. The van der Waals surface area contributed by atoms with Crippen LogP contribution in [0.15, 0.2) is 28.8 Å². The lowest BCUT2D eigenvalue weighted by molar-refractivity contribution is -0.123. The van der Waals surface area contributed by atoms with Crippen molar-refractivity contribution in [2.75, 3.05) is 0 Å². The Morgan fingerprint density at radius 3 is 2.48 bits per heavy atom. The number of aryl methyl sites for hydroxylation is 1. The maximum atomic E-state index is 12.4. The molecule has 0 bridgehead atoms. The fourth-order valence-corrected chi connectivity index (χ4v) is 3.34. The van der Waals surface area contributed by atoms with Gasteiger partial charge in [-0.25, -0.2) is 0 Å². The van der Waals surface area contributed by atoms with E-state index in [0.29, 0.717) is 22.3 Å². The summed E-state index contributed by atoms with van der Waals surface area (Å²) < 4.78 is 5.07. The molecule has 25 heavy (non-hydrogen) atoms. The Bertz CT molecular complexity index is 764. The van der Waals surface area contributed by atoms with E-state index in [9.17, 15) is 9.59 Å². The van der Waals surface area contributed by atoms with Crippen LogP contribution in [0.25, 0.3) is 0 Å². The zero-order valence-corrected chi connectivity index (χ0v) is 14.8. The topological polar surface area (TPSA) is 85.1 Å². The molecule has 1 aliphatic rings. The molecule has 1 N–H and O–H groups in total. The van der Waals surface area contributed by atoms with Crippen LogP contribution in [0.4, 0.5) is 0 Å². The fourth-order valence-electron chi connectivity index (χ4n) is 3.21. The molecular weight excluding hydrogens is 342 g/mol. The van der Waals surface area contributed by atoms with Gasteiger partial charge >= 0.3 is 0 Å². The normalized spacial score (nSPS) is 15.9. The van der Waals surface area contributed by atoms with Crippen LogP contribution >= 0.6 is 11.6 Å². The van der Waals surface area contributed by atoms with Crippen molar-refractivity contribution in [3.8, 4) is 0 Å². The Balaban J connectivity index is 1.61. The highest BCUT2D eigenvalue weighted by Gasteiger charge is 2.41. The first kappa shape index (κ1) is 17.6. The number of Topliss-reactive ketones (excluding diaryl/α,β-unsaturated/α-hetero) is 1. The summed E-state index contributed by atoms with van der Waals surface area (Å²) in [6, 6.07) is 6.67. The van der Waals surface area contributed by atoms with Gasteiger partial charge < -0.3 is 9.84 Å². The van der Waals surface area contributed by atoms with E-state index >= 15 is 0 Å². The van der Waals surface area contributed by atoms with Crippen molar-refractivity contribution in [1.82, 2.24) is 15.5 Å². The minimum Gasteiger partial charge on any atom is -0.343 e. The number of amides is 1. The number of carbonyl (C=O) groups is 2. The Hall–Kier alpha value is -2.21. The summed E-state index contributed by atoms with van der Waals surface area (Å²) in [5.74, 6) is 0.752. The van der Waals surface area contributed by atoms with Crippen molar-refractivity contribution < 1.29 is 14.1 Å². The number of carbonyl (C=O) groups excluding carboxylic acids is 2. The first-order valence-corrected chi connectivity index (χ1v) is 8.77. The maximum Gasteiger partial charge on any atom is 0.223 e. The molecule has 1 aromatic heterocycles. The molecule has 2 aromatic rings. The summed E-state index contributed by atoms with van der Waals surface area (Å²) in [6.45, 7) is 1.73. The summed E-state index contributed by atoms with van der Waals surface area (Å²) in [6.07, 6.45) is 3.83. The molecule has 132 valence electrons. The van der Waals surface area contributed by atoms with Crippen LogP contribution in [0, 0.1) is 6.92 Å². The first-order valence-electron chi connectivity index (χ1n) is 8.39. The van der Waals surface area contributed by atoms with E-state index in [2.05, 4.69) is 15.5 Å². The van der Waals surface area contributed by atoms with E-state index < -0.39 is 5.54 Å². The standard InChI is InChI=1S/C18H20ClN3O3/c1-12-20-17(22-25-12)18(10-2-3-11-18)21-16(24)9-8-15(23)13-4-6-14(19)7-5-13/h4-7H,2-3,8-11H2,1H3,(H,21,24). The SMILES string of the molecule is Cc1nc(C2(NC(=O)CCC(=O)c3ccc(Cl)cc3)CCCC2)no1. The van der Waals surface area contributed by atoms with Gasteiger partial charge in [0.15, 0.2) is 11.6 Å². The quantitative estimate of drug-likeness (QED) is 0.795. The summed E-state index contributed by atoms with van der Waals surface area (Å²) in [4.78, 5) is 28.9. The van der Waals surface area contributed by atoms with Gasteiger partial charge in [0.2, 0.25) is 11.8 Å². The van der Waals surface area contributed by atoms with E-state index in [0.717, 1.165) is 25.7 Å². The van der Waals surface area contributed by atoms with Crippen molar-refractivity contribution in [2.24, 2.45) is 0 Å². The van der Waals surface area contributed by atoms with Gasteiger partial charge in [-0.1, -0.05) is 29.6 Å². The number of hydrogen-bond donors (Lipinski definition) is 1. The lowest BCUT2D eigenvalue weighted by Gasteiger charge is -2.26. The van der Waals surface area contributed by atoms with Crippen LogP contribution < -0.4 is 5.32 Å². The van der Waals surface area contributed by atoms with Crippen molar-refractivity contribution in [3.63, 3.8) is 0 Å². The Labute approximate surface area is 150 Å². The second kappa shape index (κ2) is 7.35. The molecule has 3 rings (SSSR count). The predicted molar refractivity (Wildman–Crippen MR) is 92.3 cm³/mol.